The summed E-state index contributed by atoms with van der Waals surface area (Å²) in [4.78, 5) is 13.1. The third kappa shape index (κ3) is 5.23. The zero-order chi connectivity index (χ0) is 24.1. The Morgan fingerprint density at radius 2 is 1.55 bits per heavy atom. The molecule has 0 unspecified atom stereocenters. The van der Waals surface area contributed by atoms with E-state index in [9.17, 15) is 9.90 Å². The highest BCUT2D eigenvalue weighted by Gasteiger charge is 2.50. The third-order valence-electron chi connectivity index (χ3n) is 6.40. The summed E-state index contributed by atoms with van der Waals surface area (Å²) < 4.78 is 12.6. The summed E-state index contributed by atoms with van der Waals surface area (Å²) in [5.41, 5.74) is 0. The Morgan fingerprint density at radius 3 is 1.97 bits per heavy atom. The predicted octanol–water partition coefficient (Wildman–Crippen LogP) is 5.53. The Labute approximate surface area is 198 Å². The van der Waals surface area contributed by atoms with Crippen LogP contribution in [0.15, 0.2) is 83.5 Å². The van der Waals surface area contributed by atoms with Gasteiger partial charge < -0.3 is 18.8 Å². The molecule has 1 heterocycles. The number of benzene rings is 2. The van der Waals surface area contributed by atoms with E-state index in [2.05, 4.69) is 76.2 Å². The molecule has 1 aromatic heterocycles. The van der Waals surface area contributed by atoms with Gasteiger partial charge in [0.25, 0.3) is 8.32 Å². The fraction of sp³-hybridized carbons (Fsp3) is 0.370. The molecule has 0 fully saturated rings. The van der Waals surface area contributed by atoms with Crippen LogP contribution in [0.25, 0.3) is 0 Å². The van der Waals surface area contributed by atoms with Crippen molar-refractivity contribution in [2.24, 2.45) is 5.92 Å². The summed E-state index contributed by atoms with van der Waals surface area (Å²) >= 11 is 0. The van der Waals surface area contributed by atoms with E-state index in [1.54, 1.807) is 19.4 Å². The number of rotatable bonds is 9. The lowest BCUT2D eigenvalue weighted by Gasteiger charge is -2.43. The van der Waals surface area contributed by atoms with Crippen LogP contribution in [0.3, 0.4) is 0 Å². The molecule has 5 nitrogen and oxygen atoms in total. The van der Waals surface area contributed by atoms with E-state index in [0.29, 0.717) is 18.8 Å². The van der Waals surface area contributed by atoms with E-state index in [1.165, 1.54) is 15.3 Å². The first-order valence-corrected chi connectivity index (χ1v) is 13.3. The lowest BCUT2D eigenvalue weighted by atomic mass is 9.95. The van der Waals surface area contributed by atoms with Crippen molar-refractivity contribution in [3.05, 3.63) is 84.8 Å². The molecule has 0 aliphatic heterocycles. The Hall–Kier alpha value is -2.83. The molecule has 3 aromatic rings. The summed E-state index contributed by atoms with van der Waals surface area (Å²) in [5.74, 6) is 0.660. The molecule has 0 aliphatic carbocycles. The second kappa shape index (κ2) is 10.4. The number of nitrogens with zero attached hydrogens (tertiary/aromatic N) is 1. The minimum atomic E-state index is -2.62. The quantitative estimate of drug-likeness (QED) is 0.422. The number of furan rings is 1. The van der Waals surface area contributed by atoms with Crippen molar-refractivity contribution in [3.8, 4) is 0 Å². The molecule has 0 saturated carbocycles. The van der Waals surface area contributed by atoms with Crippen LogP contribution >= 0.6 is 0 Å². The highest BCUT2D eigenvalue weighted by molar-refractivity contribution is 6.99. The van der Waals surface area contributed by atoms with Gasteiger partial charge in [0.1, 0.15) is 5.76 Å². The van der Waals surface area contributed by atoms with Crippen molar-refractivity contribution in [2.45, 2.75) is 45.2 Å². The highest BCUT2D eigenvalue weighted by atomic mass is 28.4. The number of hydrogen-bond donors (Lipinski definition) is 1. The molecule has 2 atom stereocenters. The number of hydrogen-bond acceptors (Lipinski definition) is 3. The van der Waals surface area contributed by atoms with Crippen LogP contribution in [-0.2, 0) is 4.43 Å². The summed E-state index contributed by atoms with van der Waals surface area (Å²) in [6, 6.07) is 24.3. The van der Waals surface area contributed by atoms with Crippen molar-refractivity contribution >= 4 is 24.8 Å². The Balaban J connectivity index is 1.91. The summed E-state index contributed by atoms with van der Waals surface area (Å²) in [7, 11) is -1.03. The Bertz CT molecular complexity index is 960. The fourth-order valence-corrected chi connectivity index (χ4v) is 9.33. The van der Waals surface area contributed by atoms with Gasteiger partial charge in [-0.3, -0.25) is 0 Å². The van der Waals surface area contributed by atoms with Crippen molar-refractivity contribution < 1.29 is 18.7 Å². The van der Waals surface area contributed by atoms with Crippen LogP contribution in [0.4, 0.5) is 4.79 Å². The van der Waals surface area contributed by atoms with Gasteiger partial charge >= 0.3 is 6.09 Å². The minimum Gasteiger partial charge on any atom is -0.467 e. The van der Waals surface area contributed by atoms with Crippen LogP contribution in [0.5, 0.6) is 0 Å². The lowest BCUT2D eigenvalue weighted by molar-refractivity contribution is 0.106. The Kier molecular flexibility index (Phi) is 7.82. The molecule has 1 amide bonds. The molecule has 33 heavy (non-hydrogen) atoms. The van der Waals surface area contributed by atoms with Gasteiger partial charge in [0.2, 0.25) is 0 Å². The van der Waals surface area contributed by atoms with Crippen LogP contribution in [0, 0.1) is 5.92 Å². The first-order chi connectivity index (χ1) is 15.7. The van der Waals surface area contributed by atoms with Gasteiger partial charge in [-0.2, -0.15) is 0 Å². The summed E-state index contributed by atoms with van der Waals surface area (Å²) in [6.07, 6.45) is 1.31. The maximum absolute atomic E-state index is 11.7. The topological polar surface area (TPSA) is 62.9 Å². The van der Waals surface area contributed by atoms with Gasteiger partial charge in [0, 0.05) is 13.7 Å². The van der Waals surface area contributed by atoms with Gasteiger partial charge in [-0.05, 0) is 39.9 Å². The van der Waals surface area contributed by atoms with E-state index in [4.69, 9.17) is 8.84 Å². The van der Waals surface area contributed by atoms with Crippen molar-refractivity contribution in [1.82, 2.24) is 4.90 Å². The summed E-state index contributed by atoms with van der Waals surface area (Å²) in [5, 5.41) is 12.0. The molecule has 0 spiro atoms. The van der Waals surface area contributed by atoms with Gasteiger partial charge in [0.15, 0.2) is 0 Å². The second-order valence-electron chi connectivity index (χ2n) is 9.63. The molecule has 6 heteroatoms. The zero-order valence-corrected chi connectivity index (χ0v) is 21.2. The number of amides is 1. The van der Waals surface area contributed by atoms with Crippen molar-refractivity contribution in [3.63, 3.8) is 0 Å². The second-order valence-corrected chi connectivity index (χ2v) is 13.9. The first-order valence-electron chi connectivity index (χ1n) is 11.4. The molecular weight excluding hydrogens is 430 g/mol. The maximum Gasteiger partial charge on any atom is 0.407 e. The normalized spacial score (nSPS) is 14.0. The molecule has 3 rings (SSSR count). The average molecular weight is 466 g/mol. The zero-order valence-electron chi connectivity index (χ0n) is 20.2. The molecule has 0 bridgehead atoms. The third-order valence-corrected chi connectivity index (χ3v) is 11.4. The van der Waals surface area contributed by atoms with Crippen LogP contribution in [-0.4, -0.2) is 38.1 Å². The van der Waals surface area contributed by atoms with E-state index in [-0.39, 0.29) is 17.0 Å². The summed E-state index contributed by atoms with van der Waals surface area (Å²) in [6.45, 7) is 9.35. The van der Waals surface area contributed by atoms with Gasteiger partial charge in [-0.15, -0.1) is 0 Å². The van der Waals surface area contributed by atoms with E-state index in [0.717, 1.165) is 0 Å². The monoisotopic (exact) mass is 465 g/mol. The van der Waals surface area contributed by atoms with Crippen LogP contribution in [0.1, 0.15) is 45.9 Å². The smallest absolute Gasteiger partial charge is 0.407 e. The highest BCUT2D eigenvalue weighted by Crippen LogP contribution is 2.37. The van der Waals surface area contributed by atoms with Crippen LogP contribution in [0.2, 0.25) is 5.04 Å². The number of carboxylic acid groups (broad SMARTS) is 1. The average Bonchev–Trinajstić information content (AvgIpc) is 3.31. The minimum absolute atomic E-state index is 0.00969. The molecule has 2 aromatic carbocycles. The number of carbonyl (C=O) groups is 1. The fourth-order valence-electron chi connectivity index (χ4n) is 4.75. The largest absolute Gasteiger partial charge is 0.467 e. The Morgan fingerprint density at radius 1 is 1.00 bits per heavy atom. The molecule has 0 radical (unpaired) electrons. The molecular formula is C27H35NO4Si. The van der Waals surface area contributed by atoms with Crippen molar-refractivity contribution in [2.75, 3.05) is 13.7 Å². The first kappa shape index (κ1) is 24.8. The standard InChI is InChI=1S/C27H35NO4Si/c1-21(25(28(5)26(29)30)24-17-12-19-31-24)18-20-32-33(27(2,3)4,22-13-8-6-9-14-22)23-15-10-7-11-16-23/h6-17,19,21,25H,18,20H2,1-5H3,(H,29,30)/t21-,25+/m1/s1. The van der Waals surface area contributed by atoms with E-state index in [1.807, 2.05) is 18.2 Å². The molecule has 176 valence electrons. The maximum atomic E-state index is 11.7. The SMILES string of the molecule is C[C@H](CCO[Si](c1ccccc1)(c1ccccc1)C(C)(C)C)[C@@H](c1ccco1)N(C)C(=O)O. The lowest BCUT2D eigenvalue weighted by Crippen LogP contribution is -2.66. The van der Waals surface area contributed by atoms with E-state index >= 15 is 0 Å². The van der Waals surface area contributed by atoms with Gasteiger partial charge in [-0.25, -0.2) is 4.79 Å². The van der Waals surface area contributed by atoms with Crippen LogP contribution < -0.4 is 10.4 Å². The molecule has 0 aliphatic rings. The molecule has 0 saturated heterocycles. The predicted molar refractivity (Wildman–Crippen MR) is 135 cm³/mol. The molecule has 1 N–H and O–H groups in total. The van der Waals surface area contributed by atoms with E-state index < -0.39 is 14.4 Å². The van der Waals surface area contributed by atoms with Gasteiger partial charge in [-0.1, -0.05) is 88.4 Å². The van der Waals surface area contributed by atoms with Gasteiger partial charge in [0.05, 0.1) is 12.3 Å². The van der Waals surface area contributed by atoms with Crippen molar-refractivity contribution in [1.29, 1.82) is 0 Å².